The molecule has 1 aromatic heterocycles. The number of hydrogen-bond donors (Lipinski definition) is 1. The second-order valence-corrected chi connectivity index (χ2v) is 5.31. The minimum atomic E-state index is -0.00585. The summed E-state index contributed by atoms with van der Waals surface area (Å²) in [5, 5.41) is 7.08. The standard InChI is InChI=1S/C17H20N4O/c22-17(18-10-13-21-12-5-9-19-21)20-11-4-8-16(14-20)15-6-2-1-3-7-15/h1-3,5-9,12H,4,10-11,13-14H2,(H,18,22). The highest BCUT2D eigenvalue weighted by Crippen LogP contribution is 2.20. The zero-order valence-corrected chi connectivity index (χ0v) is 12.5. The second-order valence-electron chi connectivity index (χ2n) is 5.31. The molecule has 2 amide bonds. The molecule has 0 bridgehead atoms. The highest BCUT2D eigenvalue weighted by Gasteiger charge is 2.18. The van der Waals surface area contributed by atoms with Gasteiger partial charge >= 0.3 is 6.03 Å². The van der Waals surface area contributed by atoms with Gasteiger partial charge in [0.2, 0.25) is 0 Å². The van der Waals surface area contributed by atoms with Gasteiger partial charge in [0.15, 0.2) is 0 Å². The Labute approximate surface area is 130 Å². The van der Waals surface area contributed by atoms with Crippen LogP contribution in [0, 0.1) is 0 Å². The van der Waals surface area contributed by atoms with Gasteiger partial charge in [-0.05, 0) is 23.6 Å². The lowest BCUT2D eigenvalue weighted by molar-refractivity contribution is 0.203. The monoisotopic (exact) mass is 296 g/mol. The van der Waals surface area contributed by atoms with E-state index in [9.17, 15) is 4.79 Å². The molecule has 5 nitrogen and oxygen atoms in total. The molecular formula is C17H20N4O. The zero-order valence-electron chi connectivity index (χ0n) is 12.5. The van der Waals surface area contributed by atoms with Crippen LogP contribution in [0.1, 0.15) is 12.0 Å². The van der Waals surface area contributed by atoms with Crippen molar-refractivity contribution in [1.29, 1.82) is 0 Å². The van der Waals surface area contributed by atoms with Crippen molar-refractivity contribution in [3.8, 4) is 0 Å². The zero-order chi connectivity index (χ0) is 15.2. The summed E-state index contributed by atoms with van der Waals surface area (Å²) < 4.78 is 1.81. The van der Waals surface area contributed by atoms with Crippen LogP contribution in [0.2, 0.25) is 0 Å². The summed E-state index contributed by atoms with van der Waals surface area (Å²) in [5.41, 5.74) is 2.41. The molecule has 22 heavy (non-hydrogen) atoms. The normalized spacial score (nSPS) is 14.5. The first-order valence-corrected chi connectivity index (χ1v) is 7.57. The first-order valence-electron chi connectivity index (χ1n) is 7.57. The van der Waals surface area contributed by atoms with Gasteiger partial charge < -0.3 is 10.2 Å². The maximum Gasteiger partial charge on any atom is 0.317 e. The van der Waals surface area contributed by atoms with Gasteiger partial charge in [-0.2, -0.15) is 5.10 Å². The number of nitrogens with zero attached hydrogens (tertiary/aromatic N) is 3. The van der Waals surface area contributed by atoms with Crippen LogP contribution in [-0.2, 0) is 6.54 Å². The smallest absolute Gasteiger partial charge is 0.317 e. The molecule has 0 unspecified atom stereocenters. The van der Waals surface area contributed by atoms with E-state index in [0.717, 1.165) is 13.0 Å². The van der Waals surface area contributed by atoms with Crippen molar-refractivity contribution in [3.63, 3.8) is 0 Å². The van der Waals surface area contributed by atoms with Crippen LogP contribution < -0.4 is 5.32 Å². The van der Waals surface area contributed by atoms with Crippen LogP contribution in [0.4, 0.5) is 4.79 Å². The van der Waals surface area contributed by atoms with Gasteiger partial charge in [-0.1, -0.05) is 36.4 Å². The highest BCUT2D eigenvalue weighted by atomic mass is 16.2. The molecule has 0 aliphatic carbocycles. The summed E-state index contributed by atoms with van der Waals surface area (Å²) in [6.07, 6.45) is 6.76. The number of benzene rings is 1. The van der Waals surface area contributed by atoms with Crippen LogP contribution >= 0.6 is 0 Å². The summed E-state index contributed by atoms with van der Waals surface area (Å²) in [5.74, 6) is 0. The number of aromatic nitrogens is 2. The van der Waals surface area contributed by atoms with Gasteiger partial charge in [0.25, 0.3) is 0 Å². The van der Waals surface area contributed by atoms with Crippen molar-refractivity contribution in [3.05, 3.63) is 60.4 Å². The maximum atomic E-state index is 12.3. The van der Waals surface area contributed by atoms with Gasteiger partial charge in [0.1, 0.15) is 0 Å². The van der Waals surface area contributed by atoms with E-state index >= 15 is 0 Å². The minimum Gasteiger partial charge on any atom is -0.336 e. The quantitative estimate of drug-likeness (QED) is 0.942. The molecule has 1 aliphatic rings. The largest absolute Gasteiger partial charge is 0.336 e. The van der Waals surface area contributed by atoms with Crippen molar-refractivity contribution < 1.29 is 4.79 Å². The molecule has 5 heteroatoms. The topological polar surface area (TPSA) is 50.2 Å². The third-order valence-electron chi connectivity index (χ3n) is 3.76. The summed E-state index contributed by atoms with van der Waals surface area (Å²) in [7, 11) is 0. The van der Waals surface area contributed by atoms with E-state index in [0.29, 0.717) is 19.6 Å². The molecule has 114 valence electrons. The SMILES string of the molecule is O=C(NCCn1cccn1)N1CCC=C(c2ccccc2)C1. The van der Waals surface area contributed by atoms with Gasteiger partial charge in [-0.3, -0.25) is 4.68 Å². The van der Waals surface area contributed by atoms with E-state index in [1.807, 2.05) is 40.0 Å². The summed E-state index contributed by atoms with van der Waals surface area (Å²) in [4.78, 5) is 14.1. The fraction of sp³-hybridized carbons (Fsp3) is 0.294. The molecule has 1 aliphatic heterocycles. The molecule has 0 spiro atoms. The van der Waals surface area contributed by atoms with Crippen molar-refractivity contribution in [2.24, 2.45) is 0 Å². The molecule has 2 heterocycles. The van der Waals surface area contributed by atoms with Gasteiger partial charge in [-0.25, -0.2) is 4.79 Å². The molecule has 2 aromatic rings. The van der Waals surface area contributed by atoms with E-state index in [1.165, 1.54) is 11.1 Å². The Bertz CT molecular complexity index is 634. The van der Waals surface area contributed by atoms with Crippen LogP contribution in [0.15, 0.2) is 54.9 Å². The van der Waals surface area contributed by atoms with E-state index in [-0.39, 0.29) is 6.03 Å². The van der Waals surface area contributed by atoms with Gasteiger partial charge in [0.05, 0.1) is 6.54 Å². The van der Waals surface area contributed by atoms with Crippen LogP contribution in [0.25, 0.3) is 5.57 Å². The molecule has 0 fully saturated rings. The summed E-state index contributed by atoms with van der Waals surface area (Å²) in [6, 6.07) is 12.1. The highest BCUT2D eigenvalue weighted by molar-refractivity contribution is 5.78. The van der Waals surface area contributed by atoms with Crippen molar-refractivity contribution in [2.45, 2.75) is 13.0 Å². The molecule has 1 N–H and O–H groups in total. The minimum absolute atomic E-state index is 0.00585. The lowest BCUT2D eigenvalue weighted by atomic mass is 10.0. The Morgan fingerprint density at radius 2 is 2.09 bits per heavy atom. The Kier molecular flexibility index (Phi) is 4.53. The Balaban J connectivity index is 1.52. The van der Waals surface area contributed by atoms with E-state index in [2.05, 4.69) is 28.6 Å². The number of nitrogens with one attached hydrogen (secondary N) is 1. The fourth-order valence-corrected chi connectivity index (χ4v) is 2.60. The predicted molar refractivity (Wildman–Crippen MR) is 86.2 cm³/mol. The molecule has 3 rings (SSSR count). The average Bonchev–Trinajstić information content (AvgIpc) is 3.09. The third kappa shape index (κ3) is 3.55. The number of carbonyl (C=O) groups is 1. The lowest BCUT2D eigenvalue weighted by Crippen LogP contribution is -2.43. The molecule has 1 aromatic carbocycles. The fourth-order valence-electron chi connectivity index (χ4n) is 2.60. The summed E-state index contributed by atoms with van der Waals surface area (Å²) in [6.45, 7) is 2.71. The van der Waals surface area contributed by atoms with Crippen molar-refractivity contribution in [1.82, 2.24) is 20.0 Å². The van der Waals surface area contributed by atoms with E-state index in [1.54, 1.807) is 6.20 Å². The van der Waals surface area contributed by atoms with Gasteiger partial charge in [-0.15, -0.1) is 0 Å². The molecule has 0 atom stereocenters. The molecule has 0 radical (unpaired) electrons. The summed E-state index contributed by atoms with van der Waals surface area (Å²) >= 11 is 0. The van der Waals surface area contributed by atoms with Gasteiger partial charge in [0, 0.05) is 32.0 Å². The maximum absolute atomic E-state index is 12.3. The second kappa shape index (κ2) is 6.93. The van der Waals surface area contributed by atoms with Crippen LogP contribution in [0.5, 0.6) is 0 Å². The van der Waals surface area contributed by atoms with Crippen molar-refractivity contribution >= 4 is 11.6 Å². The number of carbonyl (C=O) groups excluding carboxylic acids is 1. The number of hydrogen-bond acceptors (Lipinski definition) is 2. The third-order valence-corrected chi connectivity index (χ3v) is 3.76. The van der Waals surface area contributed by atoms with Crippen LogP contribution in [0.3, 0.4) is 0 Å². The number of amides is 2. The number of urea groups is 1. The first kappa shape index (κ1) is 14.4. The molecular weight excluding hydrogens is 276 g/mol. The predicted octanol–water partition coefficient (Wildman–Crippen LogP) is 2.38. The van der Waals surface area contributed by atoms with Crippen molar-refractivity contribution in [2.75, 3.05) is 19.6 Å². The van der Waals surface area contributed by atoms with Crippen LogP contribution in [-0.4, -0.2) is 40.3 Å². The average molecular weight is 296 g/mol. The first-order chi connectivity index (χ1) is 10.8. The number of rotatable bonds is 4. The Morgan fingerprint density at radius 3 is 2.86 bits per heavy atom. The van der Waals surface area contributed by atoms with E-state index in [4.69, 9.17) is 0 Å². The Morgan fingerprint density at radius 1 is 1.23 bits per heavy atom. The molecule has 0 saturated heterocycles. The molecule has 0 saturated carbocycles. The Hall–Kier alpha value is -2.56. The lowest BCUT2D eigenvalue weighted by Gasteiger charge is -2.27. The van der Waals surface area contributed by atoms with E-state index < -0.39 is 0 Å².